The van der Waals surface area contributed by atoms with Crippen molar-refractivity contribution in [2.24, 2.45) is 0 Å². The van der Waals surface area contributed by atoms with Crippen molar-refractivity contribution in [3.8, 4) is 11.5 Å². The first kappa shape index (κ1) is 23.4. The first-order valence-electron chi connectivity index (χ1n) is 9.82. The Bertz CT molecular complexity index is 999. The molecule has 0 fully saturated rings. The van der Waals surface area contributed by atoms with Crippen LogP contribution in [0.5, 0.6) is 11.5 Å². The van der Waals surface area contributed by atoms with Crippen LogP contribution in [0.25, 0.3) is 0 Å². The summed E-state index contributed by atoms with van der Waals surface area (Å²) in [7, 11) is -3.95. The van der Waals surface area contributed by atoms with E-state index in [0.717, 1.165) is 5.56 Å². The highest BCUT2D eigenvalue weighted by Crippen LogP contribution is 2.32. The number of benzene rings is 2. The van der Waals surface area contributed by atoms with Gasteiger partial charge >= 0.3 is 0 Å². The van der Waals surface area contributed by atoms with Crippen LogP contribution >= 0.6 is 11.8 Å². The fourth-order valence-electron chi connectivity index (χ4n) is 3.03. The Hall–Kier alpha value is -2.30. The van der Waals surface area contributed by atoms with Crippen LogP contribution in [0.1, 0.15) is 12.0 Å². The van der Waals surface area contributed by atoms with Crippen molar-refractivity contribution in [3.05, 3.63) is 53.8 Å². The third kappa shape index (κ3) is 6.59. The van der Waals surface area contributed by atoms with Crippen molar-refractivity contribution < 1.29 is 27.1 Å². The molecule has 0 saturated carbocycles. The third-order valence-corrected chi connectivity index (χ3v) is 6.79. The molecule has 2 aromatic rings. The number of amides is 1. The fraction of sp³-hybridized carbons (Fsp3) is 0.381. The van der Waals surface area contributed by atoms with E-state index in [4.69, 9.17) is 9.47 Å². The second-order valence-electron chi connectivity index (χ2n) is 6.93. The Balaban J connectivity index is 1.64. The van der Waals surface area contributed by atoms with Gasteiger partial charge in [-0.1, -0.05) is 12.1 Å². The molecule has 0 radical (unpaired) electrons. The average Bonchev–Trinajstić information content (AvgIpc) is 2.77. The lowest BCUT2D eigenvalue weighted by Crippen LogP contribution is -2.47. The maximum atomic E-state index is 13.0. The lowest BCUT2D eigenvalue weighted by molar-refractivity contribution is -0.122. The number of thioether (sulfide) groups is 1. The lowest BCUT2D eigenvalue weighted by Gasteiger charge is -2.21. The van der Waals surface area contributed by atoms with Crippen molar-refractivity contribution in [1.29, 1.82) is 0 Å². The number of hydrogen-bond acceptors (Lipinski definition) is 6. The third-order valence-electron chi connectivity index (χ3n) is 4.67. The monoisotopic (exact) mass is 468 g/mol. The van der Waals surface area contributed by atoms with Crippen LogP contribution in [0.15, 0.2) is 47.4 Å². The zero-order valence-electron chi connectivity index (χ0n) is 17.1. The molecule has 0 spiro atoms. The van der Waals surface area contributed by atoms with Crippen LogP contribution in [0.2, 0.25) is 0 Å². The van der Waals surface area contributed by atoms with E-state index in [9.17, 15) is 17.6 Å². The molecule has 168 valence electrons. The van der Waals surface area contributed by atoms with E-state index >= 15 is 0 Å². The molecule has 1 aliphatic rings. The first-order valence-corrected chi connectivity index (χ1v) is 12.7. The van der Waals surface area contributed by atoms with Crippen LogP contribution in [0.4, 0.5) is 4.39 Å². The molecule has 2 aromatic carbocycles. The lowest BCUT2D eigenvalue weighted by atomic mass is 10.1. The Labute approximate surface area is 185 Å². The van der Waals surface area contributed by atoms with Crippen molar-refractivity contribution in [2.45, 2.75) is 23.8 Å². The molecule has 1 unspecified atom stereocenters. The van der Waals surface area contributed by atoms with Gasteiger partial charge < -0.3 is 14.8 Å². The second-order valence-corrected chi connectivity index (χ2v) is 9.63. The number of sulfonamides is 1. The fourth-order valence-corrected chi connectivity index (χ4v) is 4.75. The minimum absolute atomic E-state index is 0.00464. The Morgan fingerprint density at radius 1 is 1.13 bits per heavy atom. The Morgan fingerprint density at radius 3 is 2.55 bits per heavy atom. The van der Waals surface area contributed by atoms with E-state index in [1.807, 2.05) is 6.26 Å². The molecule has 7 nitrogen and oxygen atoms in total. The van der Waals surface area contributed by atoms with Gasteiger partial charge in [0.1, 0.15) is 25.1 Å². The van der Waals surface area contributed by atoms with Crippen molar-refractivity contribution in [2.75, 3.05) is 31.8 Å². The highest BCUT2D eigenvalue weighted by molar-refractivity contribution is 7.98. The van der Waals surface area contributed by atoms with Gasteiger partial charge in [0.25, 0.3) is 0 Å². The minimum atomic E-state index is -3.95. The molecule has 1 atom stereocenters. The van der Waals surface area contributed by atoms with Gasteiger partial charge in [0.2, 0.25) is 15.9 Å². The van der Waals surface area contributed by atoms with Crippen LogP contribution in [-0.4, -0.2) is 52.1 Å². The Morgan fingerprint density at radius 2 is 1.84 bits per heavy atom. The van der Waals surface area contributed by atoms with E-state index < -0.39 is 22.0 Å². The maximum Gasteiger partial charge on any atom is 0.241 e. The number of ether oxygens (including phenoxy) is 2. The zero-order valence-corrected chi connectivity index (χ0v) is 18.7. The molecule has 10 heteroatoms. The molecule has 2 N–H and O–H groups in total. The summed E-state index contributed by atoms with van der Waals surface area (Å²) in [5.74, 6) is 0.733. The van der Waals surface area contributed by atoms with E-state index in [2.05, 4.69) is 10.0 Å². The van der Waals surface area contributed by atoms with Crippen LogP contribution in [0, 0.1) is 5.82 Å². The van der Waals surface area contributed by atoms with E-state index in [0.29, 0.717) is 49.9 Å². The summed E-state index contributed by atoms with van der Waals surface area (Å²) < 4.78 is 52.2. The van der Waals surface area contributed by atoms with Gasteiger partial charge in [-0.25, -0.2) is 12.8 Å². The molecular formula is C21H25FN2O5S2. The molecule has 1 aliphatic heterocycles. The maximum absolute atomic E-state index is 13.0. The molecule has 1 heterocycles. The van der Waals surface area contributed by atoms with Crippen LogP contribution < -0.4 is 19.5 Å². The number of nitrogens with one attached hydrogen (secondary N) is 2. The second kappa shape index (κ2) is 10.8. The Kier molecular flexibility index (Phi) is 8.16. The number of hydrogen-bond donors (Lipinski definition) is 2. The average molecular weight is 469 g/mol. The highest BCUT2D eigenvalue weighted by atomic mass is 32.2. The molecule has 31 heavy (non-hydrogen) atoms. The summed E-state index contributed by atoms with van der Waals surface area (Å²) >= 11 is 1.52. The van der Waals surface area contributed by atoms with Gasteiger partial charge in [-0.3, -0.25) is 4.79 Å². The summed E-state index contributed by atoms with van der Waals surface area (Å²) in [5, 5.41) is 2.77. The van der Waals surface area contributed by atoms with Gasteiger partial charge in [0.05, 0.1) is 4.90 Å². The molecule has 0 aromatic heterocycles. The number of halogens is 1. The SMILES string of the molecule is CSCCC(NS(=O)(=O)c1ccc2c(c1)OCCO2)C(=O)NCCc1ccc(F)cc1. The zero-order chi connectivity index (χ0) is 22.3. The summed E-state index contributed by atoms with van der Waals surface area (Å²) in [4.78, 5) is 12.7. The topological polar surface area (TPSA) is 93.7 Å². The molecule has 3 rings (SSSR count). The van der Waals surface area contributed by atoms with Gasteiger partial charge in [0.15, 0.2) is 11.5 Å². The first-order chi connectivity index (χ1) is 14.9. The van der Waals surface area contributed by atoms with Gasteiger partial charge in [0, 0.05) is 12.6 Å². The molecule has 0 saturated heterocycles. The van der Waals surface area contributed by atoms with Crippen LogP contribution in [0.3, 0.4) is 0 Å². The summed E-state index contributed by atoms with van der Waals surface area (Å²) in [6.07, 6.45) is 2.74. The standard InChI is InChI=1S/C21H25FN2O5S2/c1-30-13-9-18(21(25)23-10-8-15-2-4-16(22)5-3-15)24-31(26,27)17-6-7-19-20(14-17)29-12-11-28-19/h2-7,14,18,24H,8-13H2,1H3,(H,23,25). The summed E-state index contributed by atoms with van der Waals surface area (Å²) in [6, 6.07) is 9.47. The normalized spacial score (nSPS) is 14.1. The number of fused-ring (bicyclic) bond motifs is 1. The van der Waals surface area contributed by atoms with Gasteiger partial charge in [-0.05, 0) is 54.7 Å². The van der Waals surface area contributed by atoms with Gasteiger partial charge in [-0.2, -0.15) is 16.5 Å². The number of rotatable bonds is 10. The largest absolute Gasteiger partial charge is 0.486 e. The molecule has 0 aliphatic carbocycles. The molecule has 1 amide bonds. The quantitative estimate of drug-likeness (QED) is 0.556. The van der Waals surface area contributed by atoms with E-state index in [1.54, 1.807) is 18.2 Å². The van der Waals surface area contributed by atoms with Crippen molar-refractivity contribution >= 4 is 27.7 Å². The molecular weight excluding hydrogens is 443 g/mol. The predicted molar refractivity (Wildman–Crippen MR) is 118 cm³/mol. The van der Waals surface area contributed by atoms with Crippen molar-refractivity contribution in [1.82, 2.24) is 10.0 Å². The molecule has 0 bridgehead atoms. The smallest absolute Gasteiger partial charge is 0.241 e. The highest BCUT2D eigenvalue weighted by Gasteiger charge is 2.26. The number of carbonyl (C=O) groups excluding carboxylic acids is 1. The minimum Gasteiger partial charge on any atom is -0.486 e. The predicted octanol–water partition coefficient (Wildman–Crippen LogP) is 2.36. The van der Waals surface area contributed by atoms with E-state index in [-0.39, 0.29) is 10.7 Å². The summed E-state index contributed by atoms with van der Waals surface area (Å²) in [5.41, 5.74) is 0.874. The van der Waals surface area contributed by atoms with Crippen molar-refractivity contribution in [3.63, 3.8) is 0 Å². The van der Waals surface area contributed by atoms with Crippen LogP contribution in [-0.2, 0) is 21.2 Å². The van der Waals surface area contributed by atoms with E-state index in [1.165, 1.54) is 36.0 Å². The summed E-state index contributed by atoms with van der Waals surface area (Å²) in [6.45, 7) is 1.06. The van der Waals surface area contributed by atoms with Gasteiger partial charge in [-0.15, -0.1) is 0 Å². The number of carbonyl (C=O) groups is 1.